The Morgan fingerprint density at radius 3 is 2.59 bits per heavy atom. The molecule has 0 spiro atoms. The number of hydrogen-bond acceptors (Lipinski definition) is 7. The van der Waals surface area contributed by atoms with Gasteiger partial charge in [0.25, 0.3) is 0 Å². The van der Waals surface area contributed by atoms with E-state index in [0.717, 1.165) is 16.9 Å². The molecule has 32 heavy (non-hydrogen) atoms. The van der Waals surface area contributed by atoms with Gasteiger partial charge in [0.05, 0.1) is 17.1 Å². The number of pyridine rings is 1. The zero-order valence-electron chi connectivity index (χ0n) is 17.9. The Hall–Kier alpha value is -4.20. The molecule has 162 valence electrons. The quantitative estimate of drug-likeness (QED) is 0.420. The van der Waals surface area contributed by atoms with Gasteiger partial charge in [-0.3, -0.25) is 4.98 Å². The van der Waals surface area contributed by atoms with Gasteiger partial charge in [-0.25, -0.2) is 14.8 Å². The number of ether oxygens (including phenoxy) is 2. The molecule has 8 heteroatoms. The number of anilines is 2. The Morgan fingerprint density at radius 1 is 1.03 bits per heavy atom. The number of aliphatic carboxylic acids is 1. The van der Waals surface area contributed by atoms with Crippen LogP contribution in [0, 0.1) is 13.8 Å². The largest absolute Gasteiger partial charge is 0.479 e. The first-order chi connectivity index (χ1) is 15.4. The number of carbonyl (C=O) groups is 1. The van der Waals surface area contributed by atoms with Crippen LogP contribution in [0.4, 0.5) is 11.5 Å². The van der Waals surface area contributed by atoms with Gasteiger partial charge < -0.3 is 19.9 Å². The fourth-order valence-electron chi connectivity index (χ4n) is 3.13. The van der Waals surface area contributed by atoms with Crippen molar-refractivity contribution >= 4 is 28.4 Å². The molecule has 0 fully saturated rings. The van der Waals surface area contributed by atoms with Crippen LogP contribution in [-0.2, 0) is 4.79 Å². The summed E-state index contributed by atoms with van der Waals surface area (Å²) in [5.41, 5.74) is 3.27. The van der Waals surface area contributed by atoms with Crippen molar-refractivity contribution < 1.29 is 19.4 Å². The maximum atomic E-state index is 11.2. The third kappa shape index (κ3) is 4.59. The van der Waals surface area contributed by atoms with Gasteiger partial charge in [-0.1, -0.05) is 6.07 Å². The van der Waals surface area contributed by atoms with E-state index in [9.17, 15) is 9.90 Å². The number of nitrogens with one attached hydrogen (secondary N) is 1. The Morgan fingerprint density at radius 2 is 1.88 bits per heavy atom. The minimum absolute atomic E-state index is 0.393. The van der Waals surface area contributed by atoms with E-state index in [1.165, 1.54) is 13.3 Å². The third-order valence-corrected chi connectivity index (χ3v) is 4.83. The number of carboxylic acid groups (broad SMARTS) is 1. The fraction of sp³-hybridized carbons (Fsp3) is 0.167. The molecule has 0 aliphatic rings. The predicted molar refractivity (Wildman–Crippen MR) is 121 cm³/mol. The predicted octanol–water partition coefficient (Wildman–Crippen LogP) is 5.03. The molecule has 1 unspecified atom stereocenters. The highest BCUT2D eigenvalue weighted by Crippen LogP contribution is 2.33. The number of fused-ring (bicyclic) bond motifs is 1. The van der Waals surface area contributed by atoms with E-state index < -0.39 is 12.1 Å². The molecule has 8 nitrogen and oxygen atoms in total. The number of aryl methyl sites for hydroxylation is 2. The molecule has 0 amide bonds. The lowest BCUT2D eigenvalue weighted by molar-refractivity contribution is -0.144. The van der Waals surface area contributed by atoms with E-state index in [4.69, 9.17) is 9.47 Å². The Kier molecular flexibility index (Phi) is 5.85. The number of nitrogens with zero attached hydrogens (tertiary/aromatic N) is 3. The second-order valence-electron chi connectivity index (χ2n) is 7.31. The molecule has 0 radical (unpaired) electrons. The van der Waals surface area contributed by atoms with Gasteiger partial charge in [0.15, 0.2) is 6.10 Å². The van der Waals surface area contributed by atoms with Crippen LogP contribution in [-0.4, -0.2) is 32.1 Å². The summed E-state index contributed by atoms with van der Waals surface area (Å²) in [7, 11) is 0. The highest BCUT2D eigenvalue weighted by molar-refractivity contribution is 5.96. The highest BCUT2D eigenvalue weighted by Gasteiger charge is 2.17. The van der Waals surface area contributed by atoms with Crippen molar-refractivity contribution in [3.05, 3.63) is 72.3 Å². The van der Waals surface area contributed by atoms with Crippen LogP contribution in [0.15, 0.2) is 61.1 Å². The summed E-state index contributed by atoms with van der Waals surface area (Å²) in [6.45, 7) is 5.35. The minimum Gasteiger partial charge on any atom is -0.479 e. The van der Waals surface area contributed by atoms with Crippen LogP contribution >= 0.6 is 0 Å². The highest BCUT2D eigenvalue weighted by atomic mass is 16.5. The topological polar surface area (TPSA) is 106 Å². The number of aromatic nitrogens is 3. The van der Waals surface area contributed by atoms with Crippen LogP contribution in [0.5, 0.6) is 17.2 Å². The van der Waals surface area contributed by atoms with Crippen molar-refractivity contribution in [2.24, 2.45) is 0 Å². The van der Waals surface area contributed by atoms with E-state index in [1.54, 1.807) is 18.3 Å². The average molecular weight is 430 g/mol. The summed E-state index contributed by atoms with van der Waals surface area (Å²) in [5.74, 6) is 1.23. The van der Waals surface area contributed by atoms with Crippen LogP contribution < -0.4 is 14.8 Å². The first kappa shape index (κ1) is 21.0. The van der Waals surface area contributed by atoms with Crippen molar-refractivity contribution in [3.63, 3.8) is 0 Å². The van der Waals surface area contributed by atoms with Crippen LogP contribution in [0.2, 0.25) is 0 Å². The van der Waals surface area contributed by atoms with Crippen molar-refractivity contribution in [3.8, 4) is 17.2 Å². The van der Waals surface area contributed by atoms with E-state index in [0.29, 0.717) is 34.0 Å². The molecular formula is C24H22N4O4. The standard InChI is InChI=1S/C24H22N4O4/c1-14-11-17(8-10-20(14)32-18-9-7-15(2)25-12-18)28-23-22-19(26-13-27-23)5-4-6-21(22)31-16(3)24(29)30/h4-13,16H,1-3H3,(H,29,30)(H,26,27,28). The summed E-state index contributed by atoms with van der Waals surface area (Å²) in [6.07, 6.45) is 2.13. The molecule has 2 aromatic heterocycles. The molecule has 1 atom stereocenters. The first-order valence-corrected chi connectivity index (χ1v) is 10.0. The Labute approximate surface area is 184 Å². The van der Waals surface area contributed by atoms with Gasteiger partial charge in [0.1, 0.15) is 29.4 Å². The van der Waals surface area contributed by atoms with Gasteiger partial charge in [-0.2, -0.15) is 0 Å². The van der Waals surface area contributed by atoms with E-state index in [-0.39, 0.29) is 0 Å². The third-order valence-electron chi connectivity index (χ3n) is 4.83. The normalized spacial score (nSPS) is 11.7. The van der Waals surface area contributed by atoms with Crippen LogP contribution in [0.1, 0.15) is 18.2 Å². The minimum atomic E-state index is -1.05. The smallest absolute Gasteiger partial charge is 0.344 e. The molecule has 2 heterocycles. The molecule has 0 aliphatic carbocycles. The number of rotatable bonds is 7. The van der Waals surface area contributed by atoms with E-state index in [2.05, 4.69) is 20.3 Å². The number of benzene rings is 2. The summed E-state index contributed by atoms with van der Waals surface area (Å²) >= 11 is 0. The molecular weight excluding hydrogens is 408 g/mol. The van der Waals surface area contributed by atoms with E-state index >= 15 is 0 Å². The lowest BCUT2D eigenvalue weighted by Crippen LogP contribution is -2.23. The summed E-state index contributed by atoms with van der Waals surface area (Å²) in [6, 6.07) is 14.7. The Balaban J connectivity index is 1.62. The number of carboxylic acids is 1. The average Bonchev–Trinajstić information content (AvgIpc) is 2.77. The summed E-state index contributed by atoms with van der Waals surface area (Å²) in [5, 5.41) is 13.1. The van der Waals surface area contributed by atoms with Crippen molar-refractivity contribution in [2.75, 3.05) is 5.32 Å². The molecule has 0 saturated carbocycles. The molecule has 0 saturated heterocycles. The van der Waals surface area contributed by atoms with Gasteiger partial charge in [-0.05, 0) is 68.8 Å². The van der Waals surface area contributed by atoms with Crippen molar-refractivity contribution in [1.82, 2.24) is 15.0 Å². The second kappa shape index (κ2) is 8.89. The molecule has 4 aromatic rings. The lowest BCUT2D eigenvalue weighted by Gasteiger charge is -2.16. The van der Waals surface area contributed by atoms with Crippen LogP contribution in [0.3, 0.4) is 0 Å². The molecule has 0 bridgehead atoms. The zero-order chi connectivity index (χ0) is 22.7. The van der Waals surface area contributed by atoms with E-state index in [1.807, 2.05) is 50.2 Å². The van der Waals surface area contributed by atoms with Crippen molar-refractivity contribution in [2.45, 2.75) is 26.9 Å². The summed E-state index contributed by atoms with van der Waals surface area (Å²) in [4.78, 5) is 24.1. The molecule has 4 rings (SSSR count). The maximum absolute atomic E-state index is 11.2. The maximum Gasteiger partial charge on any atom is 0.344 e. The Bertz CT molecular complexity index is 1270. The summed E-state index contributed by atoms with van der Waals surface area (Å²) < 4.78 is 11.6. The lowest BCUT2D eigenvalue weighted by atomic mass is 10.1. The second-order valence-corrected chi connectivity index (χ2v) is 7.31. The van der Waals surface area contributed by atoms with Gasteiger partial charge >= 0.3 is 5.97 Å². The van der Waals surface area contributed by atoms with Gasteiger partial charge in [0, 0.05) is 11.4 Å². The van der Waals surface area contributed by atoms with Gasteiger partial charge in [-0.15, -0.1) is 0 Å². The van der Waals surface area contributed by atoms with Crippen molar-refractivity contribution in [1.29, 1.82) is 0 Å². The molecule has 0 aliphatic heterocycles. The van der Waals surface area contributed by atoms with Crippen LogP contribution in [0.25, 0.3) is 10.9 Å². The first-order valence-electron chi connectivity index (χ1n) is 10.0. The monoisotopic (exact) mass is 430 g/mol. The molecule has 2 aromatic carbocycles. The fourth-order valence-corrected chi connectivity index (χ4v) is 3.13. The van der Waals surface area contributed by atoms with Gasteiger partial charge in [0.2, 0.25) is 0 Å². The SMILES string of the molecule is Cc1ccc(Oc2ccc(Nc3ncnc4cccc(OC(C)C(=O)O)c34)cc2C)cn1. The number of hydrogen-bond donors (Lipinski definition) is 2. The zero-order valence-corrected chi connectivity index (χ0v) is 17.9. The molecule has 2 N–H and O–H groups in total.